The van der Waals surface area contributed by atoms with E-state index in [2.05, 4.69) is 0 Å². The average molecular weight is 298 g/mol. The molecule has 1 aliphatic heterocycles. The van der Waals surface area contributed by atoms with Crippen molar-refractivity contribution in [2.45, 2.75) is 6.10 Å². The lowest BCUT2D eigenvalue weighted by atomic mass is 9.96. The van der Waals surface area contributed by atoms with E-state index in [1.807, 2.05) is 0 Å². The Labute approximate surface area is 125 Å². The number of esters is 1. The molecule has 110 valence electrons. The molecule has 1 aliphatic rings. The summed E-state index contributed by atoms with van der Waals surface area (Å²) in [5, 5.41) is 10.3. The molecule has 1 atom stereocenters. The van der Waals surface area contributed by atoms with Gasteiger partial charge in [0.25, 0.3) is 5.78 Å². The number of rotatable bonds is 2. The summed E-state index contributed by atoms with van der Waals surface area (Å²) in [5.74, 6) is -3.07. The molecule has 0 saturated carbocycles. The van der Waals surface area contributed by atoms with Gasteiger partial charge in [0.05, 0.1) is 5.57 Å². The van der Waals surface area contributed by atoms with Gasteiger partial charge in [-0.25, -0.2) is 9.18 Å². The smallest absolute Gasteiger partial charge is 0.380 e. The first-order chi connectivity index (χ1) is 10.6. The normalized spacial score (nSPS) is 20.0. The summed E-state index contributed by atoms with van der Waals surface area (Å²) >= 11 is 0. The number of halogens is 1. The summed E-state index contributed by atoms with van der Waals surface area (Å²) in [4.78, 5) is 23.6. The molecule has 0 unspecified atom stereocenters. The quantitative estimate of drug-likeness (QED) is 0.401. The zero-order chi connectivity index (χ0) is 15.7. The molecular formula is C17H11FO4. The molecule has 1 saturated heterocycles. The largest absolute Gasteiger partial charge is 0.507 e. The van der Waals surface area contributed by atoms with Crippen molar-refractivity contribution < 1.29 is 23.8 Å². The molecule has 1 heterocycles. The molecule has 4 nitrogen and oxygen atoms in total. The lowest BCUT2D eigenvalue weighted by molar-refractivity contribution is -0.149. The summed E-state index contributed by atoms with van der Waals surface area (Å²) in [6.07, 6.45) is -1.25. The van der Waals surface area contributed by atoms with Crippen LogP contribution < -0.4 is 0 Å². The topological polar surface area (TPSA) is 63.6 Å². The molecule has 0 radical (unpaired) electrons. The fourth-order valence-corrected chi connectivity index (χ4v) is 2.34. The number of benzene rings is 2. The van der Waals surface area contributed by atoms with Crippen molar-refractivity contribution in [2.75, 3.05) is 0 Å². The van der Waals surface area contributed by atoms with Crippen molar-refractivity contribution in [3.05, 3.63) is 77.1 Å². The third-order valence-corrected chi connectivity index (χ3v) is 3.41. The van der Waals surface area contributed by atoms with Gasteiger partial charge in [0.2, 0.25) is 0 Å². The van der Waals surface area contributed by atoms with Crippen molar-refractivity contribution in [3.63, 3.8) is 0 Å². The van der Waals surface area contributed by atoms with Crippen LogP contribution in [-0.4, -0.2) is 16.9 Å². The number of aliphatic hydroxyl groups excluding tert-OH is 1. The first-order valence-corrected chi connectivity index (χ1v) is 6.58. The Bertz CT molecular complexity index is 780. The minimum Gasteiger partial charge on any atom is -0.507 e. The van der Waals surface area contributed by atoms with E-state index in [-0.39, 0.29) is 16.9 Å². The summed E-state index contributed by atoms with van der Waals surface area (Å²) in [6.45, 7) is 0. The van der Waals surface area contributed by atoms with Crippen LogP contribution in [0.2, 0.25) is 0 Å². The summed E-state index contributed by atoms with van der Waals surface area (Å²) in [5.41, 5.74) is 0.131. The first-order valence-electron chi connectivity index (χ1n) is 6.58. The van der Waals surface area contributed by atoms with E-state index >= 15 is 0 Å². The standard InChI is InChI=1S/C17H11FO4/c18-12-9-5-4-8-11(12)16-13(15(20)17(21)22-16)14(19)10-6-2-1-3-7-10/h1-9,16,19H/t16-/m1/s1. The molecule has 3 rings (SSSR count). The monoisotopic (exact) mass is 298 g/mol. The van der Waals surface area contributed by atoms with Crippen LogP contribution in [-0.2, 0) is 14.3 Å². The molecule has 2 aromatic rings. The van der Waals surface area contributed by atoms with Gasteiger partial charge in [-0.1, -0.05) is 48.5 Å². The van der Waals surface area contributed by atoms with Gasteiger partial charge in [-0.15, -0.1) is 0 Å². The summed E-state index contributed by atoms with van der Waals surface area (Å²) < 4.78 is 18.9. The van der Waals surface area contributed by atoms with Gasteiger partial charge in [0.1, 0.15) is 11.6 Å². The first kappa shape index (κ1) is 14.0. The highest BCUT2D eigenvalue weighted by atomic mass is 19.1. The summed E-state index contributed by atoms with van der Waals surface area (Å²) in [7, 11) is 0. The maximum absolute atomic E-state index is 13.9. The number of aliphatic hydroxyl groups is 1. The van der Waals surface area contributed by atoms with Gasteiger partial charge < -0.3 is 9.84 Å². The number of cyclic esters (lactones) is 1. The molecule has 5 heteroatoms. The SMILES string of the molecule is O=C1O[C@H](c2ccccc2F)C(=C(O)c2ccccc2)C1=O. The van der Waals surface area contributed by atoms with Crippen molar-refractivity contribution in [1.82, 2.24) is 0 Å². The Kier molecular flexibility index (Phi) is 3.47. The van der Waals surface area contributed by atoms with Crippen molar-refractivity contribution >= 4 is 17.5 Å². The van der Waals surface area contributed by atoms with Crippen molar-refractivity contribution in [2.24, 2.45) is 0 Å². The van der Waals surface area contributed by atoms with Crippen LogP contribution >= 0.6 is 0 Å². The highest BCUT2D eigenvalue weighted by molar-refractivity contribution is 6.44. The fourth-order valence-electron chi connectivity index (χ4n) is 2.34. The van der Waals surface area contributed by atoms with Crippen molar-refractivity contribution in [1.29, 1.82) is 0 Å². The maximum atomic E-state index is 13.9. The average Bonchev–Trinajstić information content (AvgIpc) is 2.83. The molecule has 1 fully saturated rings. The molecule has 0 amide bonds. The Morgan fingerprint density at radius 1 is 1.00 bits per heavy atom. The molecule has 0 bridgehead atoms. The van der Waals surface area contributed by atoms with Crippen molar-refractivity contribution in [3.8, 4) is 0 Å². The van der Waals surface area contributed by atoms with Gasteiger partial charge in [0.15, 0.2) is 6.10 Å². The van der Waals surface area contributed by atoms with Gasteiger partial charge >= 0.3 is 5.97 Å². The second kappa shape index (κ2) is 5.44. The Balaban J connectivity index is 2.16. The predicted molar refractivity (Wildman–Crippen MR) is 76.2 cm³/mol. The molecule has 0 aliphatic carbocycles. The Morgan fingerprint density at radius 2 is 1.64 bits per heavy atom. The summed E-state index contributed by atoms with van der Waals surface area (Å²) in [6, 6.07) is 13.9. The van der Waals surface area contributed by atoms with E-state index in [1.165, 1.54) is 18.2 Å². The number of Topliss-reactive ketones (excluding diaryl/α,β-unsaturated/α-hetero) is 1. The van der Waals surface area contributed by atoms with Crippen LogP contribution in [0.4, 0.5) is 4.39 Å². The molecule has 2 aromatic carbocycles. The number of carbonyl (C=O) groups excluding carboxylic acids is 2. The molecular weight excluding hydrogens is 287 g/mol. The van der Waals surface area contributed by atoms with E-state index in [4.69, 9.17) is 4.74 Å². The Morgan fingerprint density at radius 3 is 2.32 bits per heavy atom. The third kappa shape index (κ3) is 2.26. The van der Waals surface area contributed by atoms with E-state index in [1.54, 1.807) is 36.4 Å². The highest BCUT2D eigenvalue weighted by Gasteiger charge is 2.43. The zero-order valence-corrected chi connectivity index (χ0v) is 11.3. The minimum atomic E-state index is -1.25. The number of hydrogen-bond acceptors (Lipinski definition) is 4. The number of ether oxygens (including phenoxy) is 1. The maximum Gasteiger partial charge on any atom is 0.380 e. The van der Waals surface area contributed by atoms with Crippen LogP contribution in [0.25, 0.3) is 5.76 Å². The second-order valence-electron chi connectivity index (χ2n) is 4.76. The lowest BCUT2D eigenvalue weighted by Crippen LogP contribution is -2.08. The van der Waals surface area contributed by atoms with E-state index in [0.29, 0.717) is 5.56 Å². The molecule has 1 N–H and O–H groups in total. The van der Waals surface area contributed by atoms with E-state index < -0.39 is 23.7 Å². The van der Waals surface area contributed by atoms with Crippen LogP contribution in [0.3, 0.4) is 0 Å². The van der Waals surface area contributed by atoms with E-state index in [9.17, 15) is 19.1 Å². The lowest BCUT2D eigenvalue weighted by Gasteiger charge is -2.13. The van der Waals surface area contributed by atoms with Crippen LogP contribution in [0, 0.1) is 5.82 Å². The number of carbonyl (C=O) groups is 2. The molecule has 22 heavy (non-hydrogen) atoms. The zero-order valence-electron chi connectivity index (χ0n) is 11.3. The third-order valence-electron chi connectivity index (χ3n) is 3.41. The van der Waals surface area contributed by atoms with E-state index in [0.717, 1.165) is 0 Å². The molecule has 0 spiro atoms. The fraction of sp³-hybridized carbons (Fsp3) is 0.0588. The van der Waals surface area contributed by atoms with Gasteiger partial charge in [-0.3, -0.25) is 4.79 Å². The highest BCUT2D eigenvalue weighted by Crippen LogP contribution is 2.37. The number of hydrogen-bond donors (Lipinski definition) is 1. The van der Waals surface area contributed by atoms with Gasteiger partial charge in [-0.2, -0.15) is 0 Å². The van der Waals surface area contributed by atoms with Gasteiger partial charge in [0, 0.05) is 11.1 Å². The second-order valence-corrected chi connectivity index (χ2v) is 4.76. The predicted octanol–water partition coefficient (Wildman–Crippen LogP) is 2.96. The van der Waals surface area contributed by atoms with Crippen LogP contribution in [0.5, 0.6) is 0 Å². The Hall–Kier alpha value is -2.95. The van der Waals surface area contributed by atoms with Gasteiger partial charge in [-0.05, 0) is 6.07 Å². The minimum absolute atomic E-state index is 0.0270. The van der Waals surface area contributed by atoms with Crippen LogP contribution in [0.1, 0.15) is 17.2 Å². The number of ketones is 1. The molecule has 0 aromatic heterocycles. The van der Waals surface area contributed by atoms with Crippen LogP contribution in [0.15, 0.2) is 60.2 Å².